The average Bonchev–Trinajstić information content (AvgIpc) is 2.53. The molecule has 128 valence electrons. The number of hydrogen-bond donors (Lipinski definition) is 2. The van der Waals surface area contributed by atoms with Gasteiger partial charge in [0.15, 0.2) is 0 Å². The van der Waals surface area contributed by atoms with Gasteiger partial charge in [-0.15, -0.1) is 0 Å². The predicted molar refractivity (Wildman–Crippen MR) is 97.1 cm³/mol. The van der Waals surface area contributed by atoms with Crippen LogP contribution in [-0.2, 0) is 6.42 Å². The van der Waals surface area contributed by atoms with Crippen molar-refractivity contribution in [3.05, 3.63) is 34.9 Å². The van der Waals surface area contributed by atoms with E-state index in [1.807, 2.05) is 0 Å². The molecule has 2 heteroatoms. The van der Waals surface area contributed by atoms with E-state index in [1.165, 1.54) is 0 Å². The van der Waals surface area contributed by atoms with Crippen LogP contribution in [0.3, 0.4) is 0 Å². The molecule has 2 nitrogen and oxygen atoms in total. The summed E-state index contributed by atoms with van der Waals surface area (Å²) in [7, 11) is 0. The van der Waals surface area contributed by atoms with Gasteiger partial charge < -0.3 is 10.2 Å². The zero-order valence-electron chi connectivity index (χ0n) is 17.6. The molecular formula is C21H32O2. The van der Waals surface area contributed by atoms with Gasteiger partial charge >= 0.3 is 0 Å². The minimum absolute atomic E-state index is 0.0789. The van der Waals surface area contributed by atoms with Crippen molar-refractivity contribution in [3.63, 3.8) is 0 Å². The SMILES string of the molecule is [2H]C([2H])([2H])C1=CC(c2c(O)cc(CCCCC)cc2O)[C@@H](C(C)C)CC1. The van der Waals surface area contributed by atoms with Crippen molar-refractivity contribution in [2.24, 2.45) is 11.8 Å². The van der Waals surface area contributed by atoms with Crippen molar-refractivity contribution in [2.45, 2.75) is 72.1 Å². The molecule has 1 unspecified atom stereocenters. The highest BCUT2D eigenvalue weighted by Gasteiger charge is 2.31. The third-order valence-corrected chi connectivity index (χ3v) is 5.04. The molecule has 2 N–H and O–H groups in total. The summed E-state index contributed by atoms with van der Waals surface area (Å²) >= 11 is 0. The van der Waals surface area contributed by atoms with Crippen molar-refractivity contribution >= 4 is 0 Å². The second kappa shape index (κ2) is 7.90. The number of aryl methyl sites for hydroxylation is 1. The number of unbranched alkanes of at least 4 members (excludes halogenated alkanes) is 2. The van der Waals surface area contributed by atoms with Gasteiger partial charge in [0, 0.05) is 15.6 Å². The summed E-state index contributed by atoms with van der Waals surface area (Å²) in [6.45, 7) is 4.24. The molecule has 0 spiro atoms. The molecule has 1 aromatic rings. The quantitative estimate of drug-likeness (QED) is 0.504. The largest absolute Gasteiger partial charge is 0.507 e. The zero-order chi connectivity index (χ0) is 19.5. The molecule has 0 aliphatic heterocycles. The fourth-order valence-electron chi connectivity index (χ4n) is 3.72. The van der Waals surface area contributed by atoms with Gasteiger partial charge in [-0.3, -0.25) is 0 Å². The van der Waals surface area contributed by atoms with E-state index in [0.717, 1.165) is 37.7 Å². The van der Waals surface area contributed by atoms with Crippen LogP contribution in [0.2, 0.25) is 0 Å². The zero-order valence-corrected chi connectivity index (χ0v) is 14.6. The van der Waals surface area contributed by atoms with E-state index in [9.17, 15) is 10.2 Å². The molecule has 0 saturated carbocycles. The lowest BCUT2D eigenvalue weighted by Gasteiger charge is -2.33. The Hall–Kier alpha value is -1.44. The minimum Gasteiger partial charge on any atom is -0.507 e. The van der Waals surface area contributed by atoms with Gasteiger partial charge in [0.05, 0.1) is 0 Å². The number of aromatic hydroxyl groups is 2. The number of phenols is 2. The summed E-state index contributed by atoms with van der Waals surface area (Å²) in [6, 6.07) is 3.47. The van der Waals surface area contributed by atoms with Crippen LogP contribution in [0.15, 0.2) is 23.8 Å². The maximum absolute atomic E-state index is 10.6. The summed E-state index contributed by atoms with van der Waals surface area (Å²) < 4.78 is 23.2. The molecule has 0 saturated heterocycles. The number of rotatable bonds is 6. The van der Waals surface area contributed by atoms with Gasteiger partial charge in [0.25, 0.3) is 0 Å². The maximum Gasteiger partial charge on any atom is 0.123 e. The van der Waals surface area contributed by atoms with Crippen molar-refractivity contribution < 1.29 is 14.3 Å². The molecule has 23 heavy (non-hydrogen) atoms. The summed E-state index contributed by atoms with van der Waals surface area (Å²) in [6.07, 6.45) is 7.16. The van der Waals surface area contributed by atoms with Crippen LogP contribution in [0, 0.1) is 11.8 Å². The Kier molecular flexibility index (Phi) is 4.79. The number of benzene rings is 1. The number of allylic oxidation sites excluding steroid dienone is 2. The van der Waals surface area contributed by atoms with Crippen LogP contribution in [-0.4, -0.2) is 10.2 Å². The third kappa shape index (κ3) is 4.31. The first-order chi connectivity index (χ1) is 12.1. The summed E-state index contributed by atoms with van der Waals surface area (Å²) in [5.74, 6) is 0.413. The second-order valence-corrected chi connectivity index (χ2v) is 7.17. The molecule has 0 heterocycles. The smallest absolute Gasteiger partial charge is 0.123 e. The van der Waals surface area contributed by atoms with E-state index >= 15 is 0 Å². The average molecular weight is 320 g/mol. The van der Waals surface area contributed by atoms with Crippen molar-refractivity contribution in [2.75, 3.05) is 0 Å². The Balaban J connectivity index is 2.41. The second-order valence-electron chi connectivity index (χ2n) is 7.17. The Bertz CT molecular complexity index is 624. The van der Waals surface area contributed by atoms with Crippen LogP contribution in [0.5, 0.6) is 11.5 Å². The molecule has 0 fully saturated rings. The topological polar surface area (TPSA) is 40.5 Å². The molecule has 1 aliphatic rings. The Morgan fingerprint density at radius 1 is 1.22 bits per heavy atom. The first-order valence-corrected chi connectivity index (χ1v) is 8.91. The first-order valence-electron chi connectivity index (χ1n) is 10.4. The van der Waals surface area contributed by atoms with E-state index in [4.69, 9.17) is 4.11 Å². The van der Waals surface area contributed by atoms with Gasteiger partial charge in [-0.25, -0.2) is 0 Å². The van der Waals surface area contributed by atoms with Gasteiger partial charge in [0.1, 0.15) is 11.5 Å². The highest BCUT2D eigenvalue weighted by molar-refractivity contribution is 5.51. The lowest BCUT2D eigenvalue weighted by Crippen LogP contribution is -2.21. The molecular weight excluding hydrogens is 284 g/mol. The fourth-order valence-corrected chi connectivity index (χ4v) is 3.72. The summed E-state index contributed by atoms with van der Waals surface area (Å²) in [5.41, 5.74) is 1.84. The molecule has 0 aromatic heterocycles. The van der Waals surface area contributed by atoms with Crippen LogP contribution in [0.1, 0.15) is 80.9 Å². The van der Waals surface area contributed by atoms with Gasteiger partial charge in [-0.1, -0.05) is 45.3 Å². The molecule has 2 atom stereocenters. The van der Waals surface area contributed by atoms with Crippen molar-refractivity contribution in [1.82, 2.24) is 0 Å². The highest BCUT2D eigenvalue weighted by Crippen LogP contribution is 2.46. The summed E-state index contributed by atoms with van der Waals surface area (Å²) in [5, 5.41) is 21.3. The first kappa shape index (κ1) is 13.9. The van der Waals surface area contributed by atoms with Crippen LogP contribution < -0.4 is 0 Å². The van der Waals surface area contributed by atoms with Crippen LogP contribution >= 0.6 is 0 Å². The van der Waals surface area contributed by atoms with E-state index in [-0.39, 0.29) is 23.3 Å². The Morgan fingerprint density at radius 3 is 2.48 bits per heavy atom. The van der Waals surface area contributed by atoms with E-state index < -0.39 is 6.85 Å². The molecule has 0 bridgehead atoms. The van der Waals surface area contributed by atoms with Crippen molar-refractivity contribution in [3.8, 4) is 11.5 Å². The standard InChI is InChI=1S/C21H32O2/c1-5-6-7-8-16-12-19(22)21(20(23)13-16)18-11-15(4)9-10-17(18)14(2)3/h11-14,17-18,22-23H,5-10H2,1-4H3/t17-,18?/m1/s1/i4D3. The molecule has 2 rings (SSSR count). The monoisotopic (exact) mass is 319 g/mol. The Morgan fingerprint density at radius 2 is 1.91 bits per heavy atom. The van der Waals surface area contributed by atoms with Crippen LogP contribution in [0.4, 0.5) is 0 Å². The lowest BCUT2D eigenvalue weighted by molar-refractivity contribution is 0.304. The van der Waals surface area contributed by atoms with Crippen molar-refractivity contribution in [1.29, 1.82) is 0 Å². The van der Waals surface area contributed by atoms with Gasteiger partial charge in [-0.05, 0) is 62.1 Å². The van der Waals surface area contributed by atoms with E-state index in [0.29, 0.717) is 23.5 Å². The third-order valence-electron chi connectivity index (χ3n) is 5.04. The summed E-state index contributed by atoms with van der Waals surface area (Å²) in [4.78, 5) is 0. The number of phenolic OH excluding ortho intramolecular Hbond substituents is 2. The normalized spacial score (nSPS) is 24.0. The molecule has 0 radical (unpaired) electrons. The van der Waals surface area contributed by atoms with Crippen LogP contribution in [0.25, 0.3) is 0 Å². The lowest BCUT2D eigenvalue weighted by atomic mass is 9.71. The maximum atomic E-state index is 10.6. The molecule has 1 aromatic carbocycles. The minimum atomic E-state index is -2.12. The highest BCUT2D eigenvalue weighted by atomic mass is 16.3. The Labute approximate surface area is 145 Å². The fraction of sp³-hybridized carbons (Fsp3) is 0.619. The van der Waals surface area contributed by atoms with E-state index in [1.54, 1.807) is 18.2 Å². The molecule has 0 amide bonds. The number of hydrogen-bond acceptors (Lipinski definition) is 2. The van der Waals surface area contributed by atoms with Gasteiger partial charge in [0.2, 0.25) is 0 Å². The molecule has 1 aliphatic carbocycles. The predicted octanol–water partition coefficient (Wildman–Crippen LogP) is 5.93. The van der Waals surface area contributed by atoms with E-state index in [2.05, 4.69) is 20.8 Å². The van der Waals surface area contributed by atoms with Gasteiger partial charge in [-0.2, -0.15) is 0 Å².